The lowest BCUT2D eigenvalue weighted by molar-refractivity contribution is 0.00697. The van der Waals surface area contributed by atoms with Gasteiger partial charge >= 0.3 is 0 Å². The molecule has 2 rings (SSSR count). The van der Waals surface area contributed by atoms with Gasteiger partial charge in [-0.25, -0.2) is 0 Å². The third-order valence-electron chi connectivity index (χ3n) is 4.65. The molecule has 0 amide bonds. The minimum Gasteiger partial charge on any atom is -0.393 e. The first-order valence-electron chi connectivity index (χ1n) is 7.36. The molecule has 2 fully saturated rings. The van der Waals surface area contributed by atoms with E-state index in [1.165, 1.54) is 0 Å². The Morgan fingerprint density at radius 1 is 1.33 bits per heavy atom. The fraction of sp³-hybridized carbons (Fsp3) is 1.00. The third kappa shape index (κ3) is 3.67. The molecule has 0 bridgehead atoms. The molecule has 106 valence electrons. The molecular formula is C14H28N2O2. The van der Waals surface area contributed by atoms with Crippen molar-refractivity contribution in [1.29, 1.82) is 0 Å². The van der Waals surface area contributed by atoms with E-state index in [1.807, 2.05) is 6.92 Å². The smallest absolute Gasteiger partial charge is 0.0541 e. The van der Waals surface area contributed by atoms with E-state index >= 15 is 0 Å². The molecule has 2 N–H and O–H groups in total. The Balaban J connectivity index is 1.76. The first kappa shape index (κ1) is 14.3. The monoisotopic (exact) mass is 256 g/mol. The Kier molecular flexibility index (Phi) is 5.42. The van der Waals surface area contributed by atoms with Crippen molar-refractivity contribution in [2.75, 3.05) is 39.9 Å². The SMILES string of the molecule is CNC1CCOCC1CN1CCC(C(C)O)CC1. The summed E-state index contributed by atoms with van der Waals surface area (Å²) >= 11 is 0. The van der Waals surface area contributed by atoms with Gasteiger partial charge in [-0.2, -0.15) is 0 Å². The summed E-state index contributed by atoms with van der Waals surface area (Å²) in [6.45, 7) is 7.10. The van der Waals surface area contributed by atoms with Gasteiger partial charge in [0, 0.05) is 25.1 Å². The van der Waals surface area contributed by atoms with Crippen LogP contribution in [0.15, 0.2) is 0 Å². The van der Waals surface area contributed by atoms with Gasteiger partial charge in [-0.15, -0.1) is 0 Å². The number of aliphatic hydroxyl groups is 1. The molecule has 2 aliphatic rings. The highest BCUT2D eigenvalue weighted by molar-refractivity contribution is 4.83. The van der Waals surface area contributed by atoms with Crippen LogP contribution in [0, 0.1) is 11.8 Å². The minimum atomic E-state index is -0.143. The zero-order chi connectivity index (χ0) is 13.0. The van der Waals surface area contributed by atoms with Gasteiger partial charge in [-0.1, -0.05) is 0 Å². The maximum absolute atomic E-state index is 9.62. The van der Waals surface area contributed by atoms with Crippen molar-refractivity contribution in [3.05, 3.63) is 0 Å². The molecule has 0 aromatic rings. The molecule has 0 aromatic heterocycles. The summed E-state index contributed by atoms with van der Waals surface area (Å²) in [5, 5.41) is 13.0. The van der Waals surface area contributed by atoms with Crippen LogP contribution >= 0.6 is 0 Å². The van der Waals surface area contributed by atoms with Crippen LogP contribution in [0.5, 0.6) is 0 Å². The Hall–Kier alpha value is -0.160. The Labute approximate surface area is 111 Å². The maximum atomic E-state index is 9.62. The van der Waals surface area contributed by atoms with Gasteiger partial charge < -0.3 is 20.1 Å². The standard InChI is InChI=1S/C14H28N2O2/c1-11(17)12-3-6-16(7-4-12)9-13-10-18-8-5-14(13)15-2/h11-15,17H,3-10H2,1-2H3. The summed E-state index contributed by atoms with van der Waals surface area (Å²) in [5.74, 6) is 1.12. The molecule has 0 spiro atoms. The quantitative estimate of drug-likeness (QED) is 0.777. The zero-order valence-corrected chi connectivity index (χ0v) is 11.8. The van der Waals surface area contributed by atoms with Gasteiger partial charge in [0.15, 0.2) is 0 Å². The Morgan fingerprint density at radius 2 is 2.06 bits per heavy atom. The number of piperidine rings is 1. The molecule has 0 aromatic carbocycles. The van der Waals surface area contributed by atoms with Gasteiger partial charge in [0.1, 0.15) is 0 Å². The number of ether oxygens (including phenoxy) is 1. The average Bonchev–Trinajstić information content (AvgIpc) is 2.40. The summed E-state index contributed by atoms with van der Waals surface area (Å²) in [7, 11) is 2.06. The van der Waals surface area contributed by atoms with Crippen molar-refractivity contribution in [1.82, 2.24) is 10.2 Å². The summed E-state index contributed by atoms with van der Waals surface area (Å²) in [5.41, 5.74) is 0. The van der Waals surface area contributed by atoms with E-state index in [2.05, 4.69) is 17.3 Å². The van der Waals surface area contributed by atoms with Crippen molar-refractivity contribution >= 4 is 0 Å². The molecule has 4 nitrogen and oxygen atoms in total. The lowest BCUT2D eigenvalue weighted by atomic mass is 9.90. The third-order valence-corrected chi connectivity index (χ3v) is 4.65. The van der Waals surface area contributed by atoms with Crippen LogP contribution in [0.1, 0.15) is 26.2 Å². The molecule has 3 unspecified atom stereocenters. The van der Waals surface area contributed by atoms with Crippen molar-refractivity contribution in [2.24, 2.45) is 11.8 Å². The topological polar surface area (TPSA) is 44.7 Å². The fourth-order valence-corrected chi connectivity index (χ4v) is 3.31. The van der Waals surface area contributed by atoms with Gasteiger partial charge in [-0.3, -0.25) is 0 Å². The second-order valence-corrected chi connectivity index (χ2v) is 5.90. The fourth-order valence-electron chi connectivity index (χ4n) is 3.31. The summed E-state index contributed by atoms with van der Waals surface area (Å²) in [4.78, 5) is 2.54. The highest BCUT2D eigenvalue weighted by Crippen LogP contribution is 2.23. The molecule has 2 saturated heterocycles. The molecule has 0 saturated carbocycles. The molecule has 18 heavy (non-hydrogen) atoms. The first-order valence-corrected chi connectivity index (χ1v) is 7.36. The minimum absolute atomic E-state index is 0.143. The maximum Gasteiger partial charge on any atom is 0.0541 e. The van der Waals surface area contributed by atoms with E-state index in [0.717, 1.165) is 52.1 Å². The van der Waals surface area contributed by atoms with Gasteiger partial charge in [0.25, 0.3) is 0 Å². The van der Waals surface area contributed by atoms with E-state index in [9.17, 15) is 5.11 Å². The number of likely N-dealkylation sites (tertiary alicyclic amines) is 1. The van der Waals surface area contributed by atoms with Crippen LogP contribution in [0.3, 0.4) is 0 Å². The van der Waals surface area contributed by atoms with E-state index in [0.29, 0.717) is 17.9 Å². The second kappa shape index (κ2) is 6.85. The molecule has 0 radical (unpaired) electrons. The predicted octanol–water partition coefficient (Wildman–Crippen LogP) is 0.704. The lowest BCUT2D eigenvalue weighted by Crippen LogP contribution is -2.48. The van der Waals surface area contributed by atoms with Gasteiger partial charge in [-0.05, 0) is 52.2 Å². The molecule has 4 heteroatoms. The number of aliphatic hydroxyl groups excluding tert-OH is 1. The zero-order valence-electron chi connectivity index (χ0n) is 11.8. The average molecular weight is 256 g/mol. The van der Waals surface area contributed by atoms with Gasteiger partial charge in [0.05, 0.1) is 12.7 Å². The molecule has 3 atom stereocenters. The number of nitrogens with zero attached hydrogens (tertiary/aromatic N) is 1. The van der Waals surface area contributed by atoms with E-state index in [1.54, 1.807) is 0 Å². The van der Waals surface area contributed by atoms with Crippen molar-refractivity contribution in [3.8, 4) is 0 Å². The number of nitrogens with one attached hydrogen (secondary N) is 1. The highest BCUT2D eigenvalue weighted by Gasteiger charge is 2.29. The van der Waals surface area contributed by atoms with E-state index in [-0.39, 0.29) is 6.10 Å². The molecule has 0 aliphatic carbocycles. The normalized spacial score (nSPS) is 33.5. The van der Waals surface area contributed by atoms with Crippen LogP contribution in [-0.4, -0.2) is 62.0 Å². The van der Waals surface area contributed by atoms with E-state index in [4.69, 9.17) is 4.74 Å². The van der Waals surface area contributed by atoms with Crippen LogP contribution < -0.4 is 5.32 Å². The second-order valence-electron chi connectivity index (χ2n) is 5.90. The number of hydrogen-bond donors (Lipinski definition) is 2. The summed E-state index contributed by atoms with van der Waals surface area (Å²) < 4.78 is 5.61. The number of rotatable bonds is 4. The van der Waals surface area contributed by atoms with Gasteiger partial charge in [0.2, 0.25) is 0 Å². The number of hydrogen-bond acceptors (Lipinski definition) is 4. The molecule has 2 aliphatic heterocycles. The van der Waals surface area contributed by atoms with Crippen LogP contribution in [0.25, 0.3) is 0 Å². The summed E-state index contributed by atoms with van der Waals surface area (Å²) in [6.07, 6.45) is 3.26. The Bertz CT molecular complexity index is 240. The summed E-state index contributed by atoms with van der Waals surface area (Å²) in [6, 6.07) is 0.605. The van der Waals surface area contributed by atoms with Crippen molar-refractivity contribution < 1.29 is 9.84 Å². The Morgan fingerprint density at radius 3 is 2.67 bits per heavy atom. The van der Waals surface area contributed by atoms with Crippen LogP contribution in [0.2, 0.25) is 0 Å². The first-order chi connectivity index (χ1) is 8.70. The molecule has 2 heterocycles. The van der Waals surface area contributed by atoms with Crippen molar-refractivity contribution in [3.63, 3.8) is 0 Å². The largest absolute Gasteiger partial charge is 0.393 e. The van der Waals surface area contributed by atoms with Crippen molar-refractivity contribution in [2.45, 2.75) is 38.3 Å². The van der Waals surface area contributed by atoms with Crippen LogP contribution in [-0.2, 0) is 4.74 Å². The van der Waals surface area contributed by atoms with Crippen LogP contribution in [0.4, 0.5) is 0 Å². The molecular weight excluding hydrogens is 228 g/mol. The lowest BCUT2D eigenvalue weighted by Gasteiger charge is -2.38. The predicted molar refractivity (Wildman–Crippen MR) is 72.6 cm³/mol. The van der Waals surface area contributed by atoms with E-state index < -0.39 is 0 Å². The highest BCUT2D eigenvalue weighted by atomic mass is 16.5.